The van der Waals surface area contributed by atoms with Gasteiger partial charge >= 0.3 is 0 Å². The van der Waals surface area contributed by atoms with Gasteiger partial charge in [0.15, 0.2) is 0 Å². The van der Waals surface area contributed by atoms with Gasteiger partial charge in [-0.15, -0.1) is 0 Å². The van der Waals surface area contributed by atoms with Crippen LogP contribution >= 0.6 is 0 Å². The molecule has 2 rings (SSSR count). The molecule has 1 saturated heterocycles. The van der Waals surface area contributed by atoms with Crippen LogP contribution in [0.1, 0.15) is 44.2 Å². The molecule has 0 aliphatic carbocycles. The largest absolute Gasteiger partial charge is 0.349 e. The minimum Gasteiger partial charge on any atom is -0.349 e. The lowest BCUT2D eigenvalue weighted by molar-refractivity contribution is -0.136. The van der Waals surface area contributed by atoms with Gasteiger partial charge in [-0.1, -0.05) is 30.3 Å². The Labute approximate surface area is 120 Å². The Morgan fingerprint density at radius 3 is 2.45 bits per heavy atom. The zero-order valence-corrected chi connectivity index (χ0v) is 12.0. The number of carbonyl (C=O) groups is 2. The van der Waals surface area contributed by atoms with Crippen molar-refractivity contribution in [2.75, 3.05) is 13.1 Å². The summed E-state index contributed by atoms with van der Waals surface area (Å²) in [4.78, 5) is 25.7. The summed E-state index contributed by atoms with van der Waals surface area (Å²) in [6, 6.07) is 9.69. The van der Waals surface area contributed by atoms with Gasteiger partial charge in [0.1, 0.15) is 6.42 Å². The molecule has 0 aromatic heterocycles. The molecule has 1 unspecified atom stereocenters. The predicted octanol–water partition coefficient (Wildman–Crippen LogP) is 2.27. The number of likely N-dealkylation sites (tertiary alicyclic amines) is 1. The Bertz CT molecular complexity index is 453. The molecule has 1 fully saturated rings. The molecule has 0 bridgehead atoms. The third kappa shape index (κ3) is 4.08. The second-order valence-corrected chi connectivity index (χ2v) is 5.32. The third-order valence-corrected chi connectivity index (χ3v) is 3.70. The summed E-state index contributed by atoms with van der Waals surface area (Å²) in [5.74, 6) is -0.251. The first kappa shape index (κ1) is 14.6. The molecule has 0 spiro atoms. The van der Waals surface area contributed by atoms with Gasteiger partial charge in [0, 0.05) is 13.1 Å². The van der Waals surface area contributed by atoms with Gasteiger partial charge in [-0.05, 0) is 31.7 Å². The number of hydrogen-bond donors (Lipinski definition) is 1. The van der Waals surface area contributed by atoms with Crippen LogP contribution in [0.2, 0.25) is 0 Å². The van der Waals surface area contributed by atoms with Gasteiger partial charge in [0.25, 0.3) is 0 Å². The molecule has 0 radical (unpaired) electrons. The summed E-state index contributed by atoms with van der Waals surface area (Å²) in [6.45, 7) is 3.51. The number of rotatable bonds is 4. The molecule has 1 heterocycles. The van der Waals surface area contributed by atoms with Gasteiger partial charge in [-0.3, -0.25) is 9.59 Å². The topological polar surface area (TPSA) is 49.4 Å². The van der Waals surface area contributed by atoms with E-state index in [0.29, 0.717) is 0 Å². The lowest BCUT2D eigenvalue weighted by Gasteiger charge is -2.26. The van der Waals surface area contributed by atoms with Crippen LogP contribution in [0.3, 0.4) is 0 Å². The van der Waals surface area contributed by atoms with E-state index in [9.17, 15) is 9.59 Å². The molecule has 1 aliphatic heterocycles. The Morgan fingerprint density at radius 2 is 1.80 bits per heavy atom. The third-order valence-electron chi connectivity index (χ3n) is 3.70. The van der Waals surface area contributed by atoms with Crippen molar-refractivity contribution in [3.8, 4) is 0 Å². The van der Waals surface area contributed by atoms with Crippen LogP contribution in [0.15, 0.2) is 30.3 Å². The molecular formula is C16H22N2O2. The Balaban J connectivity index is 1.81. The van der Waals surface area contributed by atoms with Crippen LogP contribution in [-0.2, 0) is 9.59 Å². The van der Waals surface area contributed by atoms with Crippen molar-refractivity contribution in [3.05, 3.63) is 35.9 Å². The first-order chi connectivity index (χ1) is 9.66. The van der Waals surface area contributed by atoms with E-state index in [4.69, 9.17) is 0 Å². The van der Waals surface area contributed by atoms with E-state index in [-0.39, 0.29) is 24.3 Å². The van der Waals surface area contributed by atoms with Gasteiger partial charge in [0.2, 0.25) is 11.8 Å². The number of nitrogens with zero attached hydrogens (tertiary/aromatic N) is 1. The molecule has 0 saturated carbocycles. The second kappa shape index (κ2) is 7.08. The van der Waals surface area contributed by atoms with Crippen molar-refractivity contribution < 1.29 is 9.59 Å². The fraction of sp³-hybridized carbons (Fsp3) is 0.500. The quantitative estimate of drug-likeness (QED) is 0.856. The summed E-state index contributed by atoms with van der Waals surface area (Å²) in [5.41, 5.74) is 1.05. The second-order valence-electron chi connectivity index (χ2n) is 5.32. The van der Waals surface area contributed by atoms with Crippen LogP contribution in [0.5, 0.6) is 0 Å². The predicted molar refractivity (Wildman–Crippen MR) is 78.0 cm³/mol. The van der Waals surface area contributed by atoms with Crippen LogP contribution in [0.4, 0.5) is 0 Å². The van der Waals surface area contributed by atoms with Crippen LogP contribution < -0.4 is 5.32 Å². The van der Waals surface area contributed by atoms with Gasteiger partial charge in [-0.2, -0.15) is 0 Å². The normalized spacial score (nSPS) is 16.6. The maximum Gasteiger partial charge on any atom is 0.232 e. The average molecular weight is 274 g/mol. The molecule has 1 N–H and O–H groups in total. The lowest BCUT2D eigenvalue weighted by Crippen LogP contribution is -2.39. The first-order valence-corrected chi connectivity index (χ1v) is 7.29. The smallest absolute Gasteiger partial charge is 0.232 e. The molecule has 4 nitrogen and oxygen atoms in total. The van der Waals surface area contributed by atoms with E-state index < -0.39 is 0 Å². The Morgan fingerprint density at radius 1 is 1.15 bits per heavy atom. The first-order valence-electron chi connectivity index (χ1n) is 7.29. The fourth-order valence-corrected chi connectivity index (χ4v) is 2.51. The Kier molecular flexibility index (Phi) is 5.16. The molecule has 4 heteroatoms. The van der Waals surface area contributed by atoms with Crippen molar-refractivity contribution in [2.45, 2.75) is 38.6 Å². The van der Waals surface area contributed by atoms with Crippen LogP contribution in [-0.4, -0.2) is 29.8 Å². The van der Waals surface area contributed by atoms with Crippen molar-refractivity contribution in [3.63, 3.8) is 0 Å². The number of nitrogens with one attached hydrogen (secondary N) is 1. The SMILES string of the molecule is CC(NC(=O)CC(=O)N1CCCCC1)c1ccccc1. The Hall–Kier alpha value is -1.84. The van der Waals surface area contributed by atoms with E-state index in [1.807, 2.05) is 37.3 Å². The number of piperidine rings is 1. The van der Waals surface area contributed by atoms with Crippen LogP contribution in [0.25, 0.3) is 0 Å². The summed E-state index contributed by atoms with van der Waals surface area (Å²) in [5, 5.41) is 2.88. The molecule has 1 aromatic rings. The molecular weight excluding hydrogens is 252 g/mol. The molecule has 1 atom stereocenters. The van der Waals surface area contributed by atoms with E-state index in [0.717, 1.165) is 31.5 Å². The highest BCUT2D eigenvalue weighted by molar-refractivity contribution is 5.97. The van der Waals surface area contributed by atoms with Crippen molar-refractivity contribution in [1.82, 2.24) is 10.2 Å². The van der Waals surface area contributed by atoms with Gasteiger partial charge in [0.05, 0.1) is 6.04 Å². The number of hydrogen-bond acceptors (Lipinski definition) is 2. The fourth-order valence-electron chi connectivity index (χ4n) is 2.51. The molecule has 20 heavy (non-hydrogen) atoms. The highest BCUT2D eigenvalue weighted by atomic mass is 16.2. The maximum absolute atomic E-state index is 12.0. The minimum absolute atomic E-state index is 0.0445. The highest BCUT2D eigenvalue weighted by Crippen LogP contribution is 2.12. The zero-order chi connectivity index (χ0) is 14.4. The lowest BCUT2D eigenvalue weighted by atomic mass is 10.1. The molecule has 2 amide bonds. The highest BCUT2D eigenvalue weighted by Gasteiger charge is 2.20. The number of carbonyl (C=O) groups excluding carboxylic acids is 2. The standard InChI is InChI=1S/C16H22N2O2/c1-13(14-8-4-2-5-9-14)17-15(19)12-16(20)18-10-6-3-7-11-18/h2,4-5,8-9,13H,3,6-7,10-12H2,1H3,(H,17,19). The summed E-state index contributed by atoms with van der Waals surface area (Å²) in [7, 11) is 0. The average Bonchev–Trinajstić information content (AvgIpc) is 2.49. The summed E-state index contributed by atoms with van der Waals surface area (Å²) in [6.07, 6.45) is 3.24. The van der Waals surface area contributed by atoms with E-state index >= 15 is 0 Å². The zero-order valence-electron chi connectivity index (χ0n) is 12.0. The van der Waals surface area contributed by atoms with Gasteiger partial charge < -0.3 is 10.2 Å². The van der Waals surface area contributed by atoms with Crippen molar-refractivity contribution >= 4 is 11.8 Å². The molecule has 108 valence electrons. The van der Waals surface area contributed by atoms with Crippen molar-refractivity contribution in [1.29, 1.82) is 0 Å². The van der Waals surface area contributed by atoms with E-state index in [1.54, 1.807) is 4.90 Å². The van der Waals surface area contributed by atoms with E-state index in [2.05, 4.69) is 5.32 Å². The van der Waals surface area contributed by atoms with Crippen molar-refractivity contribution in [2.24, 2.45) is 0 Å². The van der Waals surface area contributed by atoms with Crippen LogP contribution in [0, 0.1) is 0 Å². The number of amides is 2. The van der Waals surface area contributed by atoms with E-state index in [1.165, 1.54) is 6.42 Å². The summed E-state index contributed by atoms with van der Waals surface area (Å²) < 4.78 is 0. The minimum atomic E-state index is -0.197. The molecule has 1 aromatic carbocycles. The maximum atomic E-state index is 12.0. The monoisotopic (exact) mass is 274 g/mol. The molecule has 1 aliphatic rings. The van der Waals surface area contributed by atoms with Gasteiger partial charge in [-0.25, -0.2) is 0 Å². The number of benzene rings is 1. The summed E-state index contributed by atoms with van der Waals surface area (Å²) >= 11 is 0.